The van der Waals surface area contributed by atoms with E-state index in [4.69, 9.17) is 4.74 Å². The third-order valence-corrected chi connectivity index (χ3v) is 4.80. The molecule has 0 N–H and O–H groups in total. The van der Waals surface area contributed by atoms with Crippen molar-refractivity contribution < 1.29 is 19.4 Å². The number of benzene rings is 3. The molecule has 0 atom stereocenters. The largest absolute Gasteiger partial charge is 0.492 e. The summed E-state index contributed by atoms with van der Waals surface area (Å²) in [6.07, 6.45) is 0.522. The molecule has 3 rings (SSSR count). The van der Waals surface area contributed by atoms with E-state index in [-0.39, 0.29) is 23.9 Å². The Bertz CT molecular complexity index is 1070. The minimum atomic E-state index is -0.484. The fourth-order valence-electron chi connectivity index (χ4n) is 3.06. The van der Waals surface area contributed by atoms with Crippen molar-refractivity contribution in [3.05, 3.63) is 110 Å². The Kier molecular flexibility index (Phi) is 7.47. The maximum Gasteiger partial charge on any atom is 0.269 e. The first-order chi connectivity index (χ1) is 15.4. The zero-order valence-electron chi connectivity index (χ0n) is 17.1. The zero-order chi connectivity index (χ0) is 22.9. The van der Waals surface area contributed by atoms with Crippen LogP contribution >= 0.6 is 0 Å². The van der Waals surface area contributed by atoms with Crippen LogP contribution in [-0.4, -0.2) is 40.4 Å². The number of ether oxygens (including phenoxy) is 1. The average Bonchev–Trinajstić information content (AvgIpc) is 2.82. The molecule has 0 spiro atoms. The Morgan fingerprint density at radius 2 is 1.34 bits per heavy atom. The molecule has 0 heterocycles. The summed E-state index contributed by atoms with van der Waals surface area (Å²) in [7, 11) is 0. The summed E-state index contributed by atoms with van der Waals surface area (Å²) >= 11 is 0. The zero-order valence-corrected chi connectivity index (χ0v) is 17.1. The lowest BCUT2D eigenvalue weighted by Gasteiger charge is -2.23. The molecule has 9 nitrogen and oxygen atoms in total. The summed E-state index contributed by atoms with van der Waals surface area (Å²) in [5.41, 5.74) is 1.41. The molecule has 9 heteroatoms. The highest BCUT2D eigenvalue weighted by atomic mass is 16.6. The summed E-state index contributed by atoms with van der Waals surface area (Å²) in [6, 6.07) is 20.8. The number of rotatable bonds is 10. The molecular formula is C23H21N3O6. The molecule has 0 aliphatic rings. The van der Waals surface area contributed by atoms with Gasteiger partial charge in [-0.25, -0.2) is 0 Å². The third kappa shape index (κ3) is 6.11. The highest BCUT2D eigenvalue weighted by molar-refractivity contribution is 5.94. The Hall–Kier alpha value is -4.27. The molecule has 1 amide bonds. The van der Waals surface area contributed by atoms with Crippen LogP contribution in [0.25, 0.3) is 0 Å². The third-order valence-electron chi connectivity index (χ3n) is 4.80. The van der Waals surface area contributed by atoms with E-state index in [2.05, 4.69) is 0 Å². The summed E-state index contributed by atoms with van der Waals surface area (Å²) in [5.74, 6) is 0.317. The van der Waals surface area contributed by atoms with Crippen molar-refractivity contribution in [1.29, 1.82) is 0 Å². The molecular weight excluding hydrogens is 414 g/mol. The van der Waals surface area contributed by atoms with E-state index in [1.807, 2.05) is 6.07 Å². The van der Waals surface area contributed by atoms with E-state index < -0.39 is 9.85 Å². The second-order valence-electron chi connectivity index (χ2n) is 6.93. The molecule has 164 valence electrons. The monoisotopic (exact) mass is 435 g/mol. The quantitative estimate of drug-likeness (QED) is 0.347. The summed E-state index contributed by atoms with van der Waals surface area (Å²) in [6.45, 7) is 0.906. The number of nitro benzene ring substituents is 2. The first kappa shape index (κ1) is 22.4. The number of amides is 1. The molecule has 0 aromatic heterocycles. The van der Waals surface area contributed by atoms with Gasteiger partial charge in [0.15, 0.2) is 0 Å². The lowest BCUT2D eigenvalue weighted by atomic mass is 10.1. The molecule has 0 saturated heterocycles. The number of nitro groups is 2. The molecule has 3 aromatic rings. The van der Waals surface area contributed by atoms with Gasteiger partial charge in [-0.05, 0) is 36.2 Å². The average molecular weight is 435 g/mol. The number of non-ortho nitro benzene ring substituents is 2. The van der Waals surface area contributed by atoms with Crippen molar-refractivity contribution in [2.75, 3.05) is 19.7 Å². The Labute approximate surface area is 184 Å². The van der Waals surface area contributed by atoms with Crippen LogP contribution in [0.5, 0.6) is 5.75 Å². The van der Waals surface area contributed by atoms with Crippen molar-refractivity contribution in [3.8, 4) is 5.75 Å². The first-order valence-electron chi connectivity index (χ1n) is 9.89. The van der Waals surface area contributed by atoms with E-state index in [9.17, 15) is 25.0 Å². The number of carbonyl (C=O) groups excluding carboxylic acids is 1. The van der Waals surface area contributed by atoms with Crippen molar-refractivity contribution in [2.45, 2.75) is 6.42 Å². The van der Waals surface area contributed by atoms with Gasteiger partial charge in [-0.1, -0.05) is 30.3 Å². The smallest absolute Gasteiger partial charge is 0.269 e. The van der Waals surface area contributed by atoms with Gasteiger partial charge in [0.1, 0.15) is 12.4 Å². The molecule has 0 aliphatic carbocycles. The van der Waals surface area contributed by atoms with Gasteiger partial charge in [0.05, 0.1) is 16.4 Å². The molecule has 0 aliphatic heterocycles. The van der Waals surface area contributed by atoms with Gasteiger partial charge >= 0.3 is 0 Å². The second-order valence-corrected chi connectivity index (χ2v) is 6.93. The minimum Gasteiger partial charge on any atom is -0.492 e. The van der Waals surface area contributed by atoms with Gasteiger partial charge in [0.25, 0.3) is 17.3 Å². The van der Waals surface area contributed by atoms with Crippen molar-refractivity contribution >= 4 is 17.3 Å². The maximum atomic E-state index is 13.0. The maximum absolute atomic E-state index is 13.0. The summed E-state index contributed by atoms with van der Waals surface area (Å²) < 4.78 is 5.66. The van der Waals surface area contributed by atoms with Gasteiger partial charge in [0, 0.05) is 36.4 Å². The summed E-state index contributed by atoms with van der Waals surface area (Å²) in [5, 5.41) is 21.6. The van der Waals surface area contributed by atoms with Crippen LogP contribution in [0.3, 0.4) is 0 Å². The molecule has 0 unspecified atom stereocenters. The molecule has 0 radical (unpaired) electrons. The van der Waals surface area contributed by atoms with Crippen molar-refractivity contribution in [1.82, 2.24) is 4.90 Å². The van der Waals surface area contributed by atoms with Crippen molar-refractivity contribution in [2.24, 2.45) is 0 Å². The van der Waals surface area contributed by atoms with Crippen LogP contribution in [0.1, 0.15) is 15.9 Å². The molecule has 0 bridgehead atoms. The van der Waals surface area contributed by atoms with Crippen LogP contribution in [0.4, 0.5) is 11.4 Å². The van der Waals surface area contributed by atoms with E-state index in [1.54, 1.807) is 41.3 Å². The predicted molar refractivity (Wildman–Crippen MR) is 118 cm³/mol. The number of carbonyl (C=O) groups is 1. The Morgan fingerprint density at radius 3 is 1.91 bits per heavy atom. The topological polar surface area (TPSA) is 116 Å². The van der Waals surface area contributed by atoms with Crippen LogP contribution < -0.4 is 4.74 Å². The van der Waals surface area contributed by atoms with Crippen molar-refractivity contribution in [3.63, 3.8) is 0 Å². The number of hydrogen-bond acceptors (Lipinski definition) is 6. The minimum absolute atomic E-state index is 0.0162. The molecule has 0 fully saturated rings. The highest BCUT2D eigenvalue weighted by Gasteiger charge is 2.16. The standard InChI is InChI=1S/C23H21N3O6/c27-23(19-4-2-1-3-5-19)24(15-14-18-6-8-20(9-7-18)25(28)29)16-17-32-22-12-10-21(11-13-22)26(30)31/h1-13H,14-17H2. The van der Waals surface area contributed by atoms with Crippen LogP contribution in [0.2, 0.25) is 0 Å². The molecule has 0 saturated carbocycles. The number of nitrogens with zero attached hydrogens (tertiary/aromatic N) is 3. The normalized spacial score (nSPS) is 10.4. The lowest BCUT2D eigenvalue weighted by molar-refractivity contribution is -0.385. The molecule has 3 aromatic carbocycles. The highest BCUT2D eigenvalue weighted by Crippen LogP contribution is 2.18. The fraction of sp³-hybridized carbons (Fsp3) is 0.174. The fourth-order valence-corrected chi connectivity index (χ4v) is 3.06. The van der Waals surface area contributed by atoms with Gasteiger partial charge in [-0.2, -0.15) is 0 Å². The Balaban J connectivity index is 1.64. The van der Waals surface area contributed by atoms with Crippen LogP contribution in [0.15, 0.2) is 78.9 Å². The second kappa shape index (κ2) is 10.7. The molecule has 32 heavy (non-hydrogen) atoms. The summed E-state index contributed by atoms with van der Waals surface area (Å²) in [4.78, 5) is 35.3. The van der Waals surface area contributed by atoms with Crippen LogP contribution in [-0.2, 0) is 6.42 Å². The van der Waals surface area contributed by atoms with E-state index in [1.165, 1.54) is 36.4 Å². The van der Waals surface area contributed by atoms with Crippen LogP contribution in [0, 0.1) is 20.2 Å². The predicted octanol–water partition coefficient (Wildman–Crippen LogP) is 4.27. The van der Waals surface area contributed by atoms with Gasteiger partial charge in [-0.15, -0.1) is 0 Å². The van der Waals surface area contributed by atoms with E-state index in [0.717, 1.165) is 5.56 Å². The van der Waals surface area contributed by atoms with Gasteiger partial charge < -0.3 is 9.64 Å². The Morgan fingerprint density at radius 1 is 0.781 bits per heavy atom. The first-order valence-corrected chi connectivity index (χ1v) is 9.89. The van der Waals surface area contributed by atoms with E-state index >= 15 is 0 Å². The lowest BCUT2D eigenvalue weighted by Crippen LogP contribution is -2.36. The number of hydrogen-bond donors (Lipinski definition) is 0. The van der Waals surface area contributed by atoms with E-state index in [0.29, 0.717) is 30.8 Å². The van der Waals surface area contributed by atoms with Gasteiger partial charge in [0.2, 0.25) is 0 Å². The SMILES string of the molecule is O=C(c1ccccc1)N(CCOc1ccc([N+](=O)[O-])cc1)CCc1ccc([N+](=O)[O-])cc1. The van der Waals surface area contributed by atoms with Gasteiger partial charge in [-0.3, -0.25) is 25.0 Å².